The highest BCUT2D eigenvalue weighted by molar-refractivity contribution is 6.36. The summed E-state index contributed by atoms with van der Waals surface area (Å²) in [5.74, 6) is 0.479. The van der Waals surface area contributed by atoms with Crippen molar-refractivity contribution in [2.45, 2.75) is 47.1 Å². The fourth-order valence-corrected chi connectivity index (χ4v) is 3.49. The summed E-state index contributed by atoms with van der Waals surface area (Å²) in [5, 5.41) is 3.20. The van der Waals surface area contributed by atoms with E-state index in [1.165, 1.54) is 10.5 Å². The number of nitrogens with one attached hydrogen (secondary N) is 1. The Hall–Kier alpha value is -3.12. The lowest BCUT2D eigenvalue weighted by atomic mass is 10.0. The molecule has 1 aliphatic rings. The van der Waals surface area contributed by atoms with E-state index in [1.807, 2.05) is 62.4 Å². The van der Waals surface area contributed by atoms with E-state index in [2.05, 4.69) is 26.1 Å². The number of hydrogen-bond donors (Lipinski definition) is 1. The number of nitrogens with zero attached hydrogens (tertiary/aromatic N) is 1. The molecule has 0 aliphatic carbocycles. The molecule has 0 unspecified atom stereocenters. The predicted molar refractivity (Wildman–Crippen MR) is 131 cm³/mol. The molecular formula is C27H34N2O4. The van der Waals surface area contributed by atoms with Gasteiger partial charge < -0.3 is 14.8 Å². The zero-order chi connectivity index (χ0) is 24.0. The Labute approximate surface area is 196 Å². The summed E-state index contributed by atoms with van der Waals surface area (Å²) in [4.78, 5) is 27.8. The lowest BCUT2D eigenvalue weighted by Gasteiger charge is -2.16. The Morgan fingerprint density at radius 2 is 1.58 bits per heavy atom. The maximum Gasteiger partial charge on any atom is 0.278 e. The van der Waals surface area contributed by atoms with Crippen molar-refractivity contribution in [2.24, 2.45) is 5.92 Å². The van der Waals surface area contributed by atoms with Gasteiger partial charge in [-0.15, -0.1) is 0 Å². The second-order valence-electron chi connectivity index (χ2n) is 8.84. The van der Waals surface area contributed by atoms with Crippen LogP contribution in [0.2, 0.25) is 0 Å². The summed E-state index contributed by atoms with van der Waals surface area (Å²) in [6, 6.07) is 15.2. The maximum absolute atomic E-state index is 13.3. The lowest BCUT2D eigenvalue weighted by Crippen LogP contribution is -2.35. The van der Waals surface area contributed by atoms with E-state index in [1.54, 1.807) is 0 Å². The number of imide groups is 1. The molecule has 2 amide bonds. The van der Waals surface area contributed by atoms with Gasteiger partial charge in [-0.2, -0.15) is 0 Å². The molecule has 2 aromatic carbocycles. The number of amides is 2. The van der Waals surface area contributed by atoms with Gasteiger partial charge in [0.25, 0.3) is 11.8 Å². The Balaban J connectivity index is 1.90. The number of benzene rings is 2. The number of anilines is 1. The quantitative estimate of drug-likeness (QED) is 0.493. The van der Waals surface area contributed by atoms with Crippen molar-refractivity contribution in [1.29, 1.82) is 0 Å². The largest absolute Gasteiger partial charge is 0.493 e. The van der Waals surface area contributed by atoms with Gasteiger partial charge in [0.15, 0.2) is 0 Å². The van der Waals surface area contributed by atoms with Gasteiger partial charge >= 0.3 is 0 Å². The monoisotopic (exact) mass is 450 g/mol. The molecule has 0 fully saturated rings. The average molecular weight is 451 g/mol. The van der Waals surface area contributed by atoms with E-state index in [0.29, 0.717) is 30.3 Å². The van der Waals surface area contributed by atoms with Gasteiger partial charge in [-0.3, -0.25) is 14.5 Å². The fraction of sp³-hybridized carbons (Fsp3) is 0.407. The first-order chi connectivity index (χ1) is 15.8. The number of aryl methyl sites for hydroxylation is 1. The van der Waals surface area contributed by atoms with Gasteiger partial charge in [0, 0.05) is 5.69 Å². The minimum atomic E-state index is -0.345. The van der Waals surface area contributed by atoms with Crippen LogP contribution >= 0.6 is 0 Å². The van der Waals surface area contributed by atoms with E-state index in [0.717, 1.165) is 17.9 Å². The minimum absolute atomic E-state index is 0.0262. The van der Waals surface area contributed by atoms with Crippen molar-refractivity contribution in [3.05, 3.63) is 65.4 Å². The van der Waals surface area contributed by atoms with E-state index in [-0.39, 0.29) is 30.2 Å². The molecule has 1 N–H and O–H groups in total. The van der Waals surface area contributed by atoms with Gasteiger partial charge in [0.2, 0.25) is 0 Å². The second kappa shape index (κ2) is 11.1. The Morgan fingerprint density at radius 1 is 0.909 bits per heavy atom. The van der Waals surface area contributed by atoms with E-state index >= 15 is 0 Å². The zero-order valence-electron chi connectivity index (χ0n) is 20.2. The van der Waals surface area contributed by atoms with Crippen molar-refractivity contribution in [3.8, 4) is 5.75 Å². The molecule has 1 aliphatic heterocycles. The molecule has 176 valence electrons. The smallest absolute Gasteiger partial charge is 0.278 e. The van der Waals surface area contributed by atoms with Crippen LogP contribution in [0.1, 0.15) is 45.7 Å². The Kier molecular flexibility index (Phi) is 8.28. The fourth-order valence-electron chi connectivity index (χ4n) is 3.49. The average Bonchev–Trinajstić information content (AvgIpc) is 3.02. The summed E-state index contributed by atoms with van der Waals surface area (Å²) in [6.07, 6.45) is 0.957. The Morgan fingerprint density at radius 3 is 2.15 bits per heavy atom. The van der Waals surface area contributed by atoms with Crippen LogP contribution in [0.4, 0.5) is 5.69 Å². The molecule has 0 atom stereocenters. The van der Waals surface area contributed by atoms with Crippen LogP contribution in [0.5, 0.6) is 5.75 Å². The normalized spacial score (nSPS) is 14.1. The van der Waals surface area contributed by atoms with Crippen LogP contribution in [0.25, 0.3) is 5.57 Å². The number of rotatable bonds is 11. The van der Waals surface area contributed by atoms with Crippen LogP contribution in [0.3, 0.4) is 0 Å². The highest BCUT2D eigenvalue weighted by Gasteiger charge is 2.39. The van der Waals surface area contributed by atoms with Gasteiger partial charge in [-0.1, -0.05) is 45.0 Å². The number of hydrogen-bond acceptors (Lipinski definition) is 5. The molecule has 33 heavy (non-hydrogen) atoms. The van der Waals surface area contributed by atoms with Gasteiger partial charge in [0.05, 0.1) is 31.4 Å². The van der Waals surface area contributed by atoms with Crippen LogP contribution in [-0.4, -0.2) is 42.6 Å². The van der Waals surface area contributed by atoms with Crippen molar-refractivity contribution < 1.29 is 19.1 Å². The molecule has 0 bridgehead atoms. The molecule has 0 spiro atoms. The van der Waals surface area contributed by atoms with Crippen molar-refractivity contribution in [1.82, 2.24) is 4.90 Å². The zero-order valence-corrected chi connectivity index (χ0v) is 20.2. The molecule has 6 nitrogen and oxygen atoms in total. The SMILES string of the molecule is CCc1ccc(NC2=C(c3ccc(OCC(C)C)cc3)C(=O)N(CCOC(C)C)C2=O)cc1. The topological polar surface area (TPSA) is 67.9 Å². The molecule has 0 aromatic heterocycles. The second-order valence-corrected chi connectivity index (χ2v) is 8.84. The lowest BCUT2D eigenvalue weighted by molar-refractivity contribution is -0.137. The van der Waals surface area contributed by atoms with Crippen molar-refractivity contribution >= 4 is 23.1 Å². The van der Waals surface area contributed by atoms with Crippen molar-refractivity contribution in [2.75, 3.05) is 25.1 Å². The third-order valence-electron chi connectivity index (χ3n) is 5.29. The number of carbonyl (C=O) groups excluding carboxylic acids is 2. The molecule has 0 saturated carbocycles. The Bertz CT molecular complexity index is 992. The van der Waals surface area contributed by atoms with Crippen LogP contribution in [-0.2, 0) is 20.7 Å². The predicted octanol–water partition coefficient (Wildman–Crippen LogP) is 4.90. The molecule has 3 rings (SSSR count). The van der Waals surface area contributed by atoms with Gasteiger partial charge in [-0.05, 0) is 61.6 Å². The molecule has 2 aromatic rings. The maximum atomic E-state index is 13.3. The standard InChI is InChI=1S/C27H34N2O4/c1-6-20-7-11-22(12-8-20)28-25-24(21-9-13-23(14-10-21)33-17-18(2)3)26(30)29(27(25)31)15-16-32-19(4)5/h7-14,18-19,28H,6,15-17H2,1-5H3. The van der Waals surface area contributed by atoms with Crippen molar-refractivity contribution in [3.63, 3.8) is 0 Å². The first-order valence-electron chi connectivity index (χ1n) is 11.6. The minimum Gasteiger partial charge on any atom is -0.493 e. The molecule has 1 heterocycles. The van der Waals surface area contributed by atoms with Crippen LogP contribution in [0.15, 0.2) is 54.2 Å². The first kappa shape index (κ1) is 24.5. The highest BCUT2D eigenvalue weighted by Crippen LogP contribution is 2.31. The van der Waals surface area contributed by atoms with E-state index in [4.69, 9.17) is 9.47 Å². The van der Waals surface area contributed by atoms with Crippen LogP contribution < -0.4 is 10.1 Å². The molecule has 0 radical (unpaired) electrons. The van der Waals surface area contributed by atoms with Gasteiger partial charge in [0.1, 0.15) is 11.4 Å². The van der Waals surface area contributed by atoms with Crippen LogP contribution in [0, 0.1) is 5.92 Å². The molecule has 0 saturated heterocycles. The third kappa shape index (κ3) is 6.23. The summed E-state index contributed by atoms with van der Waals surface area (Å²) in [5.41, 5.74) is 3.28. The summed E-state index contributed by atoms with van der Waals surface area (Å²) >= 11 is 0. The number of carbonyl (C=O) groups is 2. The summed E-state index contributed by atoms with van der Waals surface area (Å²) in [7, 11) is 0. The molecular weight excluding hydrogens is 416 g/mol. The number of ether oxygens (including phenoxy) is 2. The van der Waals surface area contributed by atoms with E-state index in [9.17, 15) is 9.59 Å². The highest BCUT2D eigenvalue weighted by atomic mass is 16.5. The van der Waals surface area contributed by atoms with Gasteiger partial charge in [-0.25, -0.2) is 0 Å². The third-order valence-corrected chi connectivity index (χ3v) is 5.29. The summed E-state index contributed by atoms with van der Waals surface area (Å²) < 4.78 is 11.3. The summed E-state index contributed by atoms with van der Waals surface area (Å²) in [6.45, 7) is 11.2. The molecule has 6 heteroatoms. The first-order valence-corrected chi connectivity index (χ1v) is 11.6. The van der Waals surface area contributed by atoms with E-state index < -0.39 is 0 Å².